The van der Waals surface area contributed by atoms with E-state index in [1.807, 2.05) is 24.5 Å². The van der Waals surface area contributed by atoms with Crippen molar-refractivity contribution in [1.29, 1.82) is 0 Å². The summed E-state index contributed by atoms with van der Waals surface area (Å²) in [6.07, 6.45) is 3.78. The molecule has 3 heteroatoms. The number of hydrogen-bond donors (Lipinski definition) is 0. The van der Waals surface area contributed by atoms with Crippen molar-refractivity contribution < 1.29 is 4.42 Å². The first-order chi connectivity index (χ1) is 21.3. The average molecular weight is 549 g/mol. The van der Waals surface area contributed by atoms with Gasteiger partial charge in [-0.05, 0) is 63.0 Å². The number of pyridine rings is 2. The highest BCUT2D eigenvalue weighted by atomic mass is 16.3. The number of furan rings is 1. The summed E-state index contributed by atoms with van der Waals surface area (Å²) in [6.45, 7) is 0. The molecule has 0 spiro atoms. The number of aromatic nitrogens is 2. The number of rotatable bonds is 3. The molecule has 0 amide bonds. The quantitative estimate of drug-likeness (QED) is 0.220. The summed E-state index contributed by atoms with van der Waals surface area (Å²) in [5.41, 5.74) is 8.22. The van der Waals surface area contributed by atoms with Gasteiger partial charge in [-0.15, -0.1) is 0 Å². The van der Waals surface area contributed by atoms with Gasteiger partial charge in [-0.3, -0.25) is 4.98 Å². The van der Waals surface area contributed by atoms with Crippen LogP contribution in [-0.2, 0) is 0 Å². The third-order valence-corrected chi connectivity index (χ3v) is 8.55. The summed E-state index contributed by atoms with van der Waals surface area (Å²) >= 11 is 0. The zero-order chi connectivity index (χ0) is 28.3. The Morgan fingerprint density at radius 2 is 1.21 bits per heavy atom. The van der Waals surface area contributed by atoms with Gasteiger partial charge in [0.15, 0.2) is 0 Å². The maximum atomic E-state index is 6.23. The Labute approximate surface area is 247 Å². The molecular weight excluding hydrogens is 524 g/mol. The lowest BCUT2D eigenvalue weighted by Crippen LogP contribution is -1.93. The van der Waals surface area contributed by atoms with Gasteiger partial charge >= 0.3 is 0 Å². The fraction of sp³-hybridized carbons (Fsp3) is 0. The molecule has 0 saturated heterocycles. The third kappa shape index (κ3) is 3.75. The molecule has 6 aromatic carbocycles. The maximum Gasteiger partial charge on any atom is 0.136 e. The SMILES string of the molecule is c1ccc2cc(-c3nc(-c4ccc(-c5cccc6oc7ccccc7c56)c5ccccc45)cc4cnccc34)ccc2c1. The molecule has 43 heavy (non-hydrogen) atoms. The number of benzene rings is 6. The van der Waals surface area contributed by atoms with Crippen LogP contribution in [0.1, 0.15) is 0 Å². The third-order valence-electron chi connectivity index (χ3n) is 8.55. The summed E-state index contributed by atoms with van der Waals surface area (Å²) < 4.78 is 6.23. The molecule has 9 aromatic rings. The van der Waals surface area contributed by atoms with Crippen LogP contribution in [0.25, 0.3) is 87.9 Å². The predicted octanol–water partition coefficient (Wildman–Crippen LogP) is 10.8. The summed E-state index contributed by atoms with van der Waals surface area (Å²) in [5.74, 6) is 0. The van der Waals surface area contributed by atoms with E-state index in [0.717, 1.165) is 66.2 Å². The first-order valence-corrected chi connectivity index (χ1v) is 14.5. The van der Waals surface area contributed by atoms with Crippen molar-refractivity contribution >= 4 is 54.3 Å². The lowest BCUT2D eigenvalue weighted by Gasteiger charge is -2.15. The summed E-state index contributed by atoms with van der Waals surface area (Å²) in [6, 6.07) is 47.0. The van der Waals surface area contributed by atoms with Crippen LogP contribution >= 0.6 is 0 Å². The first kappa shape index (κ1) is 23.9. The molecule has 0 aliphatic rings. The molecule has 0 saturated carbocycles. The molecule has 0 aliphatic carbocycles. The van der Waals surface area contributed by atoms with Crippen LogP contribution in [0.4, 0.5) is 0 Å². The lowest BCUT2D eigenvalue weighted by atomic mass is 9.91. The molecule has 0 unspecified atom stereocenters. The van der Waals surface area contributed by atoms with Crippen molar-refractivity contribution in [2.75, 3.05) is 0 Å². The molecule has 0 radical (unpaired) electrons. The van der Waals surface area contributed by atoms with Crippen LogP contribution < -0.4 is 0 Å². The highest BCUT2D eigenvalue weighted by Crippen LogP contribution is 2.42. The van der Waals surface area contributed by atoms with Gasteiger partial charge in [0.05, 0.1) is 11.4 Å². The van der Waals surface area contributed by atoms with Gasteiger partial charge in [0, 0.05) is 45.1 Å². The molecule has 0 N–H and O–H groups in total. The number of hydrogen-bond acceptors (Lipinski definition) is 3. The number of fused-ring (bicyclic) bond motifs is 6. The van der Waals surface area contributed by atoms with Crippen molar-refractivity contribution in [2.45, 2.75) is 0 Å². The van der Waals surface area contributed by atoms with Gasteiger partial charge in [-0.1, -0.05) is 103 Å². The van der Waals surface area contributed by atoms with Gasteiger partial charge in [-0.25, -0.2) is 4.98 Å². The van der Waals surface area contributed by atoms with E-state index >= 15 is 0 Å². The maximum absolute atomic E-state index is 6.23. The first-order valence-electron chi connectivity index (χ1n) is 14.5. The molecule has 0 bridgehead atoms. The topological polar surface area (TPSA) is 38.9 Å². The monoisotopic (exact) mass is 548 g/mol. The van der Waals surface area contributed by atoms with E-state index < -0.39 is 0 Å². The van der Waals surface area contributed by atoms with Crippen molar-refractivity contribution in [3.63, 3.8) is 0 Å². The number of para-hydroxylation sites is 1. The Morgan fingerprint density at radius 3 is 2.12 bits per heavy atom. The van der Waals surface area contributed by atoms with E-state index in [0.29, 0.717) is 0 Å². The van der Waals surface area contributed by atoms with Gasteiger partial charge in [0.25, 0.3) is 0 Å². The minimum absolute atomic E-state index is 0.899. The van der Waals surface area contributed by atoms with Gasteiger partial charge in [0.2, 0.25) is 0 Å². The Bertz CT molecular complexity index is 2520. The Morgan fingerprint density at radius 1 is 0.465 bits per heavy atom. The van der Waals surface area contributed by atoms with Crippen molar-refractivity contribution in [2.24, 2.45) is 0 Å². The molecule has 3 aromatic heterocycles. The molecule has 3 nitrogen and oxygen atoms in total. The second-order valence-corrected chi connectivity index (χ2v) is 11.0. The Hall–Kier alpha value is -5.80. The highest BCUT2D eigenvalue weighted by Gasteiger charge is 2.17. The van der Waals surface area contributed by atoms with Crippen molar-refractivity contribution in [1.82, 2.24) is 9.97 Å². The fourth-order valence-corrected chi connectivity index (χ4v) is 6.55. The van der Waals surface area contributed by atoms with E-state index in [2.05, 4.69) is 126 Å². The van der Waals surface area contributed by atoms with Crippen LogP contribution in [0.3, 0.4) is 0 Å². The van der Waals surface area contributed by atoms with Crippen LogP contribution in [0.2, 0.25) is 0 Å². The minimum atomic E-state index is 0.899. The standard InChI is InChI=1S/C40H24N2O/c1-2-9-26-22-27(17-16-25(26)8-1)40-29-20-21-41-24-28(29)23-36(42-40)33-19-18-32(30-10-3-4-11-31(30)33)34-13-7-15-38-39(34)35-12-5-6-14-37(35)43-38/h1-24H. The van der Waals surface area contributed by atoms with Gasteiger partial charge in [0.1, 0.15) is 11.2 Å². The molecule has 200 valence electrons. The molecule has 3 heterocycles. The molecular formula is C40H24N2O. The van der Waals surface area contributed by atoms with E-state index in [1.54, 1.807) is 0 Å². The van der Waals surface area contributed by atoms with Crippen LogP contribution in [0.5, 0.6) is 0 Å². The van der Waals surface area contributed by atoms with Crippen molar-refractivity contribution in [3.8, 4) is 33.6 Å². The largest absolute Gasteiger partial charge is 0.456 e. The van der Waals surface area contributed by atoms with E-state index in [4.69, 9.17) is 9.40 Å². The summed E-state index contributed by atoms with van der Waals surface area (Å²) in [4.78, 5) is 9.80. The lowest BCUT2D eigenvalue weighted by molar-refractivity contribution is 0.669. The Balaban J connectivity index is 1.29. The van der Waals surface area contributed by atoms with E-state index in [1.165, 1.54) is 21.7 Å². The average Bonchev–Trinajstić information content (AvgIpc) is 3.46. The second-order valence-electron chi connectivity index (χ2n) is 11.0. The van der Waals surface area contributed by atoms with E-state index in [-0.39, 0.29) is 0 Å². The molecule has 9 rings (SSSR count). The normalized spacial score (nSPS) is 11.7. The zero-order valence-corrected chi connectivity index (χ0v) is 23.2. The number of nitrogens with zero attached hydrogens (tertiary/aromatic N) is 2. The highest BCUT2D eigenvalue weighted by molar-refractivity contribution is 6.16. The summed E-state index contributed by atoms with van der Waals surface area (Å²) in [7, 11) is 0. The second kappa shape index (κ2) is 9.37. The van der Waals surface area contributed by atoms with Crippen LogP contribution in [-0.4, -0.2) is 9.97 Å². The molecule has 0 atom stereocenters. The van der Waals surface area contributed by atoms with Crippen LogP contribution in [0, 0.1) is 0 Å². The van der Waals surface area contributed by atoms with Crippen molar-refractivity contribution in [3.05, 3.63) is 146 Å². The van der Waals surface area contributed by atoms with Gasteiger partial charge < -0.3 is 4.42 Å². The molecule has 0 fully saturated rings. The van der Waals surface area contributed by atoms with Crippen LogP contribution in [0.15, 0.2) is 150 Å². The minimum Gasteiger partial charge on any atom is -0.456 e. The predicted molar refractivity (Wildman–Crippen MR) is 178 cm³/mol. The van der Waals surface area contributed by atoms with Gasteiger partial charge in [-0.2, -0.15) is 0 Å². The zero-order valence-electron chi connectivity index (χ0n) is 23.2. The van der Waals surface area contributed by atoms with E-state index in [9.17, 15) is 0 Å². The fourth-order valence-electron chi connectivity index (χ4n) is 6.55. The summed E-state index contributed by atoms with van der Waals surface area (Å²) in [5, 5.41) is 9.19. The smallest absolute Gasteiger partial charge is 0.136 e. The Kier molecular flexibility index (Phi) is 5.20. The molecule has 0 aliphatic heterocycles.